The van der Waals surface area contributed by atoms with Gasteiger partial charge in [-0.1, -0.05) is 236 Å². The van der Waals surface area contributed by atoms with Gasteiger partial charge in [0.15, 0.2) is 11.2 Å². The van der Waals surface area contributed by atoms with E-state index in [1.165, 1.54) is 12.1 Å². The van der Waals surface area contributed by atoms with Gasteiger partial charge in [-0.2, -0.15) is 5.56 Å². The maximum absolute atomic E-state index is 11.4. The summed E-state index contributed by atoms with van der Waals surface area (Å²) in [6, 6.07) is 65.4. The summed E-state index contributed by atoms with van der Waals surface area (Å²) < 4.78 is 71.3. The number of rotatable bonds is 10. The van der Waals surface area contributed by atoms with Crippen molar-refractivity contribution >= 4 is 79.4 Å². The zero-order chi connectivity index (χ0) is 59.3. The van der Waals surface area contributed by atoms with Gasteiger partial charge < -0.3 is 13.4 Å². The molecule has 10 aromatic rings. The molecular formula is C69H78N2Na2O8S2. The molecule has 0 spiro atoms. The second-order valence-corrected chi connectivity index (χ2v) is 16.7. The minimum Gasteiger partial charge on any atom is -0.744 e. The Balaban J connectivity index is 0. The standard InChI is InChI=1S/C28H18N2O2.C28H21O3S.6C2H6.CH4.2Na.O3S/c1-3-7-25-23(5-1)29-27(31-25)21-15-11-19(12-16-21)9-10-20-13-17-22(18-14-20)28-30-24-6-2-4-8-26(24)32-28;29-32(30,31)28-9-5-4-8-27(28)21-16-24-14-19-26(20-15-24)25-17-12-23(13-18-25)11-10-22-6-2-1-3-7-22;6*1-2;;;;1-4(2)3/h1-18H;1-6,8-21H,(H,29,30,31);6*1-2H3;1H4;;;/q;-1;;;;;;;;2*+1;/p-1/b10-9+;;;;;;;;;;;. The maximum Gasteiger partial charge on any atom is 1.00 e. The van der Waals surface area contributed by atoms with Gasteiger partial charge in [-0.05, 0) is 93.5 Å². The van der Waals surface area contributed by atoms with Crippen molar-refractivity contribution in [2.45, 2.75) is 95.4 Å². The zero-order valence-corrected chi connectivity index (χ0v) is 55.5. The van der Waals surface area contributed by atoms with Crippen molar-refractivity contribution in [2.75, 3.05) is 0 Å². The van der Waals surface area contributed by atoms with Gasteiger partial charge in [0, 0.05) is 11.1 Å². The molecule has 0 amide bonds. The normalized spacial score (nSPS) is 9.80. The molecule has 0 atom stereocenters. The fraction of sp³-hybridized carbons (Fsp3) is 0.188. The summed E-state index contributed by atoms with van der Waals surface area (Å²) in [4.78, 5) is 8.90. The van der Waals surface area contributed by atoms with Gasteiger partial charge in [-0.3, -0.25) is 0 Å². The number of hydrogen-bond acceptors (Lipinski definition) is 10. The fourth-order valence-electron chi connectivity index (χ4n) is 6.96. The van der Waals surface area contributed by atoms with Crippen molar-refractivity contribution in [3.8, 4) is 34.0 Å². The molecule has 426 valence electrons. The first-order chi connectivity index (χ1) is 39.0. The number of nitrogens with zero attached hydrogens (tertiary/aromatic N) is 2. The SMILES string of the molecule is C.C(=C\c1ccc(-c2nc3ccccc3o2)cc1)/c1ccc(-c2nc3ccccc3o2)cc1.CC.CC.CC.CC.CC.CC.O=S(=O)([O-])c1ccccc1C=Cc1ccc(-c2ccc(C=Cc3[c-]cccc3)cc2)cc1.O=S(=O)=O.[Na+].[Na+]. The van der Waals surface area contributed by atoms with Crippen molar-refractivity contribution < 1.29 is 93.5 Å². The zero-order valence-electron chi connectivity index (χ0n) is 49.9. The monoisotopic (exact) mass is 1170 g/mol. The largest absolute Gasteiger partial charge is 1.00 e. The van der Waals surface area contributed by atoms with Crippen molar-refractivity contribution in [3.05, 3.63) is 234 Å². The Kier molecular flexibility index (Phi) is 42.5. The molecule has 0 radical (unpaired) electrons. The maximum atomic E-state index is 11.4. The molecular weight excluding hydrogens is 1090 g/mol. The van der Waals surface area contributed by atoms with E-state index in [-0.39, 0.29) is 71.4 Å². The number of benzene rings is 8. The third-order valence-electron chi connectivity index (χ3n) is 10.4. The second kappa shape index (κ2) is 45.0. The van der Waals surface area contributed by atoms with E-state index in [2.05, 4.69) is 82.8 Å². The predicted molar refractivity (Wildman–Crippen MR) is 342 cm³/mol. The van der Waals surface area contributed by atoms with Crippen LogP contribution in [0, 0.1) is 6.07 Å². The van der Waals surface area contributed by atoms with Crippen LogP contribution in [0.2, 0.25) is 0 Å². The molecule has 14 heteroatoms. The van der Waals surface area contributed by atoms with E-state index in [9.17, 15) is 13.0 Å². The van der Waals surface area contributed by atoms with E-state index in [4.69, 9.17) is 21.5 Å². The Hall–Kier alpha value is -6.55. The van der Waals surface area contributed by atoms with Gasteiger partial charge in [-0.15, -0.1) is 49.0 Å². The Morgan fingerprint density at radius 3 is 1.07 bits per heavy atom. The number of oxazole rings is 2. The van der Waals surface area contributed by atoms with Crippen LogP contribution in [0.3, 0.4) is 0 Å². The average Bonchev–Trinajstić information content (AvgIpc) is 4.36. The summed E-state index contributed by atoms with van der Waals surface area (Å²) in [6.45, 7) is 24.0. The Morgan fingerprint density at radius 1 is 0.410 bits per heavy atom. The Labute approximate surface area is 541 Å². The Bertz CT molecular complexity index is 3450. The summed E-state index contributed by atoms with van der Waals surface area (Å²) in [7, 11) is -7.62. The van der Waals surface area contributed by atoms with Crippen LogP contribution in [-0.4, -0.2) is 35.6 Å². The molecule has 0 N–H and O–H groups in total. The van der Waals surface area contributed by atoms with Crippen LogP contribution in [0.25, 0.3) is 92.7 Å². The summed E-state index contributed by atoms with van der Waals surface area (Å²) >= 11 is 0. The molecule has 0 unspecified atom stereocenters. The minimum absolute atomic E-state index is 0. The van der Waals surface area contributed by atoms with E-state index in [0.29, 0.717) is 17.3 Å². The van der Waals surface area contributed by atoms with Crippen molar-refractivity contribution in [3.63, 3.8) is 0 Å². The molecule has 2 heterocycles. The van der Waals surface area contributed by atoms with Gasteiger partial charge >= 0.3 is 69.7 Å². The summed E-state index contributed by atoms with van der Waals surface area (Å²) in [6.07, 6.45) is 11.7. The van der Waals surface area contributed by atoms with E-state index in [1.54, 1.807) is 24.3 Å². The molecule has 83 heavy (non-hydrogen) atoms. The van der Waals surface area contributed by atoms with Crippen LogP contribution >= 0.6 is 0 Å². The summed E-state index contributed by atoms with van der Waals surface area (Å²) in [5.41, 5.74) is 13.1. The number of aromatic nitrogens is 2. The van der Waals surface area contributed by atoms with Gasteiger partial charge in [0.1, 0.15) is 21.2 Å². The third-order valence-corrected chi connectivity index (χ3v) is 11.3. The van der Waals surface area contributed by atoms with Crippen molar-refractivity contribution in [2.24, 2.45) is 0 Å². The van der Waals surface area contributed by atoms with Crippen molar-refractivity contribution in [1.82, 2.24) is 9.97 Å². The predicted octanol–water partition coefficient (Wildman–Crippen LogP) is 13.7. The van der Waals surface area contributed by atoms with Crippen molar-refractivity contribution in [1.29, 1.82) is 0 Å². The number of fused-ring (bicyclic) bond motifs is 2. The second-order valence-electron chi connectivity index (χ2n) is 15.0. The third kappa shape index (κ3) is 26.7. The first-order valence-corrected chi connectivity index (χ1v) is 29.4. The summed E-state index contributed by atoms with van der Waals surface area (Å²) in [5.74, 6) is 1.27. The van der Waals surface area contributed by atoms with Crippen LogP contribution in [0.1, 0.15) is 124 Å². The van der Waals surface area contributed by atoms with Gasteiger partial charge in [0.05, 0.1) is 4.90 Å². The number of hydrogen-bond donors (Lipinski definition) is 0. The van der Waals surface area contributed by atoms with Gasteiger partial charge in [-0.25, -0.2) is 18.4 Å². The molecule has 0 fully saturated rings. The molecule has 10 rings (SSSR count). The van der Waals surface area contributed by atoms with Crippen LogP contribution in [0.15, 0.2) is 208 Å². The average molecular weight is 1170 g/mol. The van der Waals surface area contributed by atoms with E-state index in [0.717, 1.165) is 72.3 Å². The van der Waals surface area contributed by atoms with E-state index in [1.807, 2.05) is 210 Å². The van der Waals surface area contributed by atoms with E-state index >= 15 is 0 Å². The first-order valence-electron chi connectivity index (χ1n) is 27.0. The van der Waals surface area contributed by atoms with Crippen LogP contribution in [-0.2, 0) is 20.7 Å². The molecule has 2 aromatic heterocycles. The Morgan fingerprint density at radius 2 is 0.723 bits per heavy atom. The molecule has 10 nitrogen and oxygen atoms in total. The summed E-state index contributed by atoms with van der Waals surface area (Å²) in [5, 5.41) is 0. The van der Waals surface area contributed by atoms with E-state index < -0.39 is 20.7 Å². The molecule has 8 aromatic carbocycles. The van der Waals surface area contributed by atoms with Gasteiger partial charge in [0.25, 0.3) is 0 Å². The quantitative estimate of drug-likeness (QED) is 0.0558. The molecule has 0 saturated carbocycles. The molecule has 0 saturated heterocycles. The smallest absolute Gasteiger partial charge is 0.744 e. The van der Waals surface area contributed by atoms with Crippen LogP contribution < -0.4 is 59.1 Å². The van der Waals surface area contributed by atoms with Crippen LogP contribution in [0.4, 0.5) is 0 Å². The number of para-hydroxylation sites is 4. The molecule has 0 aliphatic heterocycles. The van der Waals surface area contributed by atoms with Gasteiger partial charge in [0.2, 0.25) is 11.8 Å². The molecule has 0 aliphatic carbocycles. The topological polar surface area (TPSA) is 160 Å². The fourth-order valence-corrected chi connectivity index (χ4v) is 7.63. The van der Waals surface area contributed by atoms with Crippen LogP contribution in [0.5, 0.6) is 0 Å². The molecule has 0 aliphatic rings. The minimum atomic E-state index is -4.51. The molecule has 0 bridgehead atoms. The first kappa shape index (κ1) is 78.5.